The molecule has 0 bridgehead atoms. The Bertz CT molecular complexity index is 303. The van der Waals surface area contributed by atoms with Crippen LogP contribution in [0.1, 0.15) is 44.0 Å². The number of hydrogen-bond acceptors (Lipinski definition) is 3. The number of nitrogens with one attached hydrogen (secondary N) is 1. The van der Waals surface area contributed by atoms with Crippen molar-refractivity contribution < 1.29 is 4.74 Å². The zero-order valence-corrected chi connectivity index (χ0v) is 13.1. The molecule has 17 heavy (non-hydrogen) atoms. The third-order valence-electron chi connectivity index (χ3n) is 2.57. The number of ether oxygens (including phenoxy) is 1. The largest absolute Gasteiger partial charge is 0.381 e. The number of thiophene rings is 1. The lowest BCUT2D eigenvalue weighted by Crippen LogP contribution is -2.20. The van der Waals surface area contributed by atoms with Crippen molar-refractivity contribution in [3.63, 3.8) is 0 Å². The minimum Gasteiger partial charge on any atom is -0.381 e. The SMILES string of the molecule is CCCCOCCCNC(C)c1cc(Br)cs1. The van der Waals surface area contributed by atoms with Gasteiger partial charge in [-0.25, -0.2) is 0 Å². The second-order valence-corrected chi connectivity index (χ2v) is 6.02. The Morgan fingerprint density at radius 1 is 1.41 bits per heavy atom. The van der Waals surface area contributed by atoms with Crippen LogP contribution in [0.3, 0.4) is 0 Å². The lowest BCUT2D eigenvalue weighted by Gasteiger charge is -2.11. The van der Waals surface area contributed by atoms with Gasteiger partial charge in [-0.05, 0) is 48.3 Å². The van der Waals surface area contributed by atoms with Crippen molar-refractivity contribution in [1.29, 1.82) is 0 Å². The Hall–Kier alpha value is 0.1000. The van der Waals surface area contributed by atoms with E-state index in [9.17, 15) is 0 Å². The number of halogens is 1. The summed E-state index contributed by atoms with van der Waals surface area (Å²) in [5.41, 5.74) is 0. The molecule has 0 fully saturated rings. The average molecular weight is 320 g/mol. The van der Waals surface area contributed by atoms with Gasteiger partial charge in [0.25, 0.3) is 0 Å². The van der Waals surface area contributed by atoms with E-state index in [1.807, 2.05) is 0 Å². The molecule has 4 heteroatoms. The first kappa shape index (κ1) is 15.2. The van der Waals surface area contributed by atoms with Gasteiger partial charge in [-0.2, -0.15) is 0 Å². The first-order valence-electron chi connectivity index (χ1n) is 6.29. The molecule has 1 aromatic rings. The van der Waals surface area contributed by atoms with Crippen LogP contribution in [-0.4, -0.2) is 19.8 Å². The van der Waals surface area contributed by atoms with E-state index in [-0.39, 0.29) is 0 Å². The van der Waals surface area contributed by atoms with Crippen LogP contribution in [-0.2, 0) is 4.74 Å². The second-order valence-electron chi connectivity index (χ2n) is 4.16. The molecular formula is C13H22BrNOS. The van der Waals surface area contributed by atoms with Crippen molar-refractivity contribution in [2.75, 3.05) is 19.8 Å². The van der Waals surface area contributed by atoms with Gasteiger partial charge in [0.1, 0.15) is 0 Å². The fourth-order valence-corrected chi connectivity index (χ4v) is 2.97. The minimum absolute atomic E-state index is 0.432. The summed E-state index contributed by atoms with van der Waals surface area (Å²) in [6, 6.07) is 2.61. The number of unbranched alkanes of at least 4 members (excludes halogenated alkanes) is 1. The summed E-state index contributed by atoms with van der Waals surface area (Å²) < 4.78 is 6.70. The minimum atomic E-state index is 0.432. The van der Waals surface area contributed by atoms with Crippen LogP contribution < -0.4 is 5.32 Å². The fourth-order valence-electron chi connectivity index (χ4n) is 1.50. The first-order valence-corrected chi connectivity index (χ1v) is 7.96. The van der Waals surface area contributed by atoms with Crippen LogP contribution in [0, 0.1) is 0 Å². The molecular weight excluding hydrogens is 298 g/mol. The number of rotatable bonds is 9. The molecule has 0 aliphatic rings. The molecule has 1 atom stereocenters. The quantitative estimate of drug-likeness (QED) is 0.682. The Morgan fingerprint density at radius 2 is 2.18 bits per heavy atom. The highest BCUT2D eigenvalue weighted by Gasteiger charge is 2.06. The van der Waals surface area contributed by atoms with Gasteiger partial charge in [0.05, 0.1) is 0 Å². The third kappa shape index (κ3) is 6.55. The van der Waals surface area contributed by atoms with Gasteiger partial charge in [-0.1, -0.05) is 13.3 Å². The fraction of sp³-hybridized carbons (Fsp3) is 0.692. The van der Waals surface area contributed by atoms with Crippen LogP contribution in [0.15, 0.2) is 15.9 Å². The zero-order valence-electron chi connectivity index (χ0n) is 10.7. The second kappa shape index (κ2) is 9.09. The monoisotopic (exact) mass is 319 g/mol. The lowest BCUT2D eigenvalue weighted by atomic mass is 10.2. The average Bonchev–Trinajstić information content (AvgIpc) is 2.74. The highest BCUT2D eigenvalue weighted by Crippen LogP contribution is 2.25. The van der Waals surface area contributed by atoms with Crippen molar-refractivity contribution in [2.24, 2.45) is 0 Å². The van der Waals surface area contributed by atoms with E-state index >= 15 is 0 Å². The maximum absolute atomic E-state index is 5.52. The molecule has 0 aliphatic heterocycles. The van der Waals surface area contributed by atoms with Crippen LogP contribution in [0.25, 0.3) is 0 Å². The Balaban J connectivity index is 2.03. The van der Waals surface area contributed by atoms with Crippen molar-refractivity contribution in [3.8, 4) is 0 Å². The van der Waals surface area contributed by atoms with Crippen LogP contribution in [0.2, 0.25) is 0 Å². The summed E-state index contributed by atoms with van der Waals surface area (Å²) in [5.74, 6) is 0. The molecule has 1 heterocycles. The van der Waals surface area contributed by atoms with Crippen LogP contribution in [0.5, 0.6) is 0 Å². The number of hydrogen-bond donors (Lipinski definition) is 1. The van der Waals surface area contributed by atoms with Gasteiger partial charge in [-0.15, -0.1) is 11.3 Å². The normalized spacial score (nSPS) is 12.9. The van der Waals surface area contributed by atoms with Crippen LogP contribution >= 0.6 is 27.3 Å². The van der Waals surface area contributed by atoms with E-state index in [1.54, 1.807) is 11.3 Å². The van der Waals surface area contributed by atoms with Crippen molar-refractivity contribution >= 4 is 27.3 Å². The van der Waals surface area contributed by atoms with E-state index in [0.29, 0.717) is 6.04 Å². The van der Waals surface area contributed by atoms with Gasteiger partial charge >= 0.3 is 0 Å². The van der Waals surface area contributed by atoms with Crippen molar-refractivity contribution in [3.05, 3.63) is 20.8 Å². The van der Waals surface area contributed by atoms with Gasteiger partial charge in [-0.3, -0.25) is 0 Å². The summed E-state index contributed by atoms with van der Waals surface area (Å²) in [6.07, 6.45) is 3.47. The molecule has 0 saturated heterocycles. The summed E-state index contributed by atoms with van der Waals surface area (Å²) in [4.78, 5) is 1.38. The Morgan fingerprint density at radius 3 is 2.82 bits per heavy atom. The molecule has 0 amide bonds. The molecule has 1 rings (SSSR count). The summed E-state index contributed by atoms with van der Waals surface area (Å²) in [6.45, 7) is 7.18. The molecule has 0 saturated carbocycles. The highest BCUT2D eigenvalue weighted by atomic mass is 79.9. The molecule has 1 unspecified atom stereocenters. The zero-order chi connectivity index (χ0) is 12.5. The predicted molar refractivity (Wildman–Crippen MR) is 78.8 cm³/mol. The van der Waals surface area contributed by atoms with E-state index < -0.39 is 0 Å². The maximum Gasteiger partial charge on any atom is 0.0478 e. The van der Waals surface area contributed by atoms with Crippen LogP contribution in [0.4, 0.5) is 0 Å². The summed E-state index contributed by atoms with van der Waals surface area (Å²) in [5, 5.41) is 5.64. The molecule has 1 N–H and O–H groups in total. The Kier molecular flexibility index (Phi) is 8.10. The first-order chi connectivity index (χ1) is 8.24. The molecule has 0 aromatic carbocycles. The van der Waals surface area contributed by atoms with Gasteiger partial charge < -0.3 is 10.1 Å². The van der Waals surface area contributed by atoms with E-state index in [4.69, 9.17) is 4.74 Å². The molecule has 1 aromatic heterocycles. The van der Waals surface area contributed by atoms with E-state index in [2.05, 4.69) is 46.5 Å². The predicted octanol–water partition coefficient (Wildman–Crippen LogP) is 4.37. The maximum atomic E-state index is 5.52. The smallest absolute Gasteiger partial charge is 0.0478 e. The Labute approximate surface area is 117 Å². The van der Waals surface area contributed by atoms with Gasteiger partial charge in [0.2, 0.25) is 0 Å². The molecule has 2 nitrogen and oxygen atoms in total. The topological polar surface area (TPSA) is 21.3 Å². The van der Waals surface area contributed by atoms with Gasteiger partial charge in [0, 0.05) is 34.0 Å². The van der Waals surface area contributed by atoms with E-state index in [1.165, 1.54) is 22.2 Å². The van der Waals surface area contributed by atoms with Gasteiger partial charge in [0.15, 0.2) is 0 Å². The van der Waals surface area contributed by atoms with Crippen molar-refractivity contribution in [2.45, 2.75) is 39.2 Å². The molecule has 98 valence electrons. The third-order valence-corrected chi connectivity index (χ3v) is 4.45. The highest BCUT2D eigenvalue weighted by molar-refractivity contribution is 9.10. The summed E-state index contributed by atoms with van der Waals surface area (Å²) in [7, 11) is 0. The molecule has 0 spiro atoms. The standard InChI is InChI=1S/C13H22BrNOS/c1-3-4-7-16-8-5-6-15-11(2)13-9-12(14)10-17-13/h9-11,15H,3-8H2,1-2H3. The molecule has 0 aliphatic carbocycles. The van der Waals surface area contributed by atoms with E-state index in [0.717, 1.165) is 26.2 Å². The lowest BCUT2D eigenvalue weighted by molar-refractivity contribution is 0.128. The molecule has 0 radical (unpaired) electrons. The van der Waals surface area contributed by atoms with Crippen molar-refractivity contribution in [1.82, 2.24) is 5.32 Å². The summed E-state index contributed by atoms with van der Waals surface area (Å²) >= 11 is 5.27.